The first-order valence-corrected chi connectivity index (χ1v) is 10.7. The van der Waals surface area contributed by atoms with Crippen LogP contribution in [-0.2, 0) is 6.54 Å². The zero-order valence-corrected chi connectivity index (χ0v) is 16.4. The van der Waals surface area contributed by atoms with Crippen molar-refractivity contribution in [3.8, 4) is 0 Å². The molecule has 25 heavy (non-hydrogen) atoms. The van der Waals surface area contributed by atoms with Gasteiger partial charge in [-0.3, -0.25) is 0 Å². The predicted molar refractivity (Wildman–Crippen MR) is 109 cm³/mol. The third-order valence-electron chi connectivity index (χ3n) is 4.88. The van der Waals surface area contributed by atoms with Gasteiger partial charge in [-0.05, 0) is 37.8 Å². The molecule has 2 aliphatic heterocycles. The first-order valence-electron chi connectivity index (χ1n) is 9.65. The van der Waals surface area contributed by atoms with E-state index in [0.717, 1.165) is 49.8 Å². The average molecular weight is 362 g/mol. The number of hydrogen-bond acceptors (Lipinski definition) is 4. The van der Waals surface area contributed by atoms with Crippen molar-refractivity contribution in [2.24, 2.45) is 4.99 Å². The maximum atomic E-state index is 4.87. The topological polar surface area (TPSA) is 43.8 Å². The fourth-order valence-electron chi connectivity index (χ4n) is 3.39. The summed E-state index contributed by atoms with van der Waals surface area (Å²) in [5.41, 5.74) is 1.18. The molecule has 3 rings (SSSR count). The van der Waals surface area contributed by atoms with Gasteiger partial charge in [-0.2, -0.15) is 11.8 Å². The number of thioether (sulfide) groups is 1. The van der Waals surface area contributed by atoms with Gasteiger partial charge in [-0.25, -0.2) is 9.98 Å². The van der Waals surface area contributed by atoms with Crippen molar-refractivity contribution in [2.45, 2.75) is 44.9 Å². The summed E-state index contributed by atoms with van der Waals surface area (Å²) in [7, 11) is 0. The second kappa shape index (κ2) is 9.32. The van der Waals surface area contributed by atoms with E-state index in [1.807, 2.05) is 6.20 Å². The zero-order chi connectivity index (χ0) is 17.5. The Kier molecular flexibility index (Phi) is 6.84. The first kappa shape index (κ1) is 18.4. The maximum Gasteiger partial charge on any atom is 0.194 e. The van der Waals surface area contributed by atoms with E-state index in [2.05, 4.69) is 57.8 Å². The van der Waals surface area contributed by atoms with Crippen LogP contribution in [0.3, 0.4) is 0 Å². The van der Waals surface area contributed by atoms with Gasteiger partial charge in [0.2, 0.25) is 0 Å². The van der Waals surface area contributed by atoms with Crippen molar-refractivity contribution in [1.29, 1.82) is 0 Å². The molecule has 2 fully saturated rings. The van der Waals surface area contributed by atoms with Crippen LogP contribution in [-0.4, -0.2) is 59.6 Å². The summed E-state index contributed by atoms with van der Waals surface area (Å²) in [6.45, 7) is 10.5. The molecule has 1 unspecified atom stereocenters. The Labute approximate surface area is 156 Å². The summed E-state index contributed by atoms with van der Waals surface area (Å²) in [4.78, 5) is 14.3. The minimum absolute atomic E-state index is 0.691. The molecule has 3 heterocycles. The Balaban J connectivity index is 1.62. The van der Waals surface area contributed by atoms with Gasteiger partial charge in [-0.15, -0.1) is 0 Å². The van der Waals surface area contributed by atoms with E-state index in [1.54, 1.807) is 0 Å². The lowest BCUT2D eigenvalue weighted by Gasteiger charge is -2.34. The van der Waals surface area contributed by atoms with Crippen LogP contribution in [0, 0.1) is 0 Å². The van der Waals surface area contributed by atoms with Crippen LogP contribution < -0.4 is 10.2 Å². The molecule has 0 spiro atoms. The highest BCUT2D eigenvalue weighted by atomic mass is 32.2. The average Bonchev–Trinajstić information content (AvgIpc) is 3.20. The van der Waals surface area contributed by atoms with E-state index in [4.69, 9.17) is 4.99 Å². The summed E-state index contributed by atoms with van der Waals surface area (Å²) in [5.74, 6) is 3.34. The van der Waals surface area contributed by atoms with E-state index >= 15 is 0 Å². The number of pyridine rings is 1. The molecule has 0 bridgehead atoms. The standard InChI is InChI=1S/C19H31N5S/c1-3-17-15-24(11-12-25-17)19(20-4-2)22-14-16-7-8-18(21-13-16)23-9-5-6-10-23/h7-8,13,17H,3-6,9-12,14-15H2,1-2H3,(H,20,22). The minimum Gasteiger partial charge on any atom is -0.357 e. The third-order valence-corrected chi connectivity index (χ3v) is 6.25. The zero-order valence-electron chi connectivity index (χ0n) is 15.6. The number of rotatable bonds is 5. The highest BCUT2D eigenvalue weighted by Gasteiger charge is 2.21. The Hall–Kier alpha value is -1.43. The van der Waals surface area contributed by atoms with Crippen molar-refractivity contribution >= 4 is 23.5 Å². The van der Waals surface area contributed by atoms with Crippen molar-refractivity contribution in [3.63, 3.8) is 0 Å². The van der Waals surface area contributed by atoms with E-state index in [-0.39, 0.29) is 0 Å². The number of nitrogens with one attached hydrogen (secondary N) is 1. The molecule has 6 heteroatoms. The van der Waals surface area contributed by atoms with E-state index in [9.17, 15) is 0 Å². The van der Waals surface area contributed by atoms with Gasteiger partial charge in [0, 0.05) is 49.9 Å². The Bertz CT molecular complexity index is 553. The van der Waals surface area contributed by atoms with Gasteiger partial charge in [-0.1, -0.05) is 13.0 Å². The molecule has 1 aromatic rings. The number of aliphatic imine (C=N–C) groups is 1. The van der Waals surface area contributed by atoms with E-state index in [1.165, 1.54) is 30.6 Å². The lowest BCUT2D eigenvalue weighted by molar-refractivity contribution is 0.408. The van der Waals surface area contributed by atoms with Crippen molar-refractivity contribution < 1.29 is 0 Å². The van der Waals surface area contributed by atoms with Gasteiger partial charge < -0.3 is 15.1 Å². The summed E-state index contributed by atoms with van der Waals surface area (Å²) in [5, 5.41) is 4.18. The molecule has 1 N–H and O–H groups in total. The van der Waals surface area contributed by atoms with Gasteiger partial charge in [0.15, 0.2) is 5.96 Å². The monoisotopic (exact) mass is 361 g/mol. The molecule has 0 radical (unpaired) electrons. The molecule has 2 aliphatic rings. The van der Waals surface area contributed by atoms with Gasteiger partial charge in [0.1, 0.15) is 5.82 Å². The molecule has 138 valence electrons. The van der Waals surface area contributed by atoms with Crippen LogP contribution in [0.1, 0.15) is 38.7 Å². The summed E-state index contributed by atoms with van der Waals surface area (Å²) < 4.78 is 0. The van der Waals surface area contributed by atoms with E-state index < -0.39 is 0 Å². The Morgan fingerprint density at radius 2 is 2.12 bits per heavy atom. The maximum absolute atomic E-state index is 4.87. The molecule has 0 aliphatic carbocycles. The summed E-state index contributed by atoms with van der Waals surface area (Å²) in [6, 6.07) is 4.32. The number of guanidine groups is 1. The van der Waals surface area contributed by atoms with Crippen molar-refractivity contribution in [3.05, 3.63) is 23.9 Å². The van der Waals surface area contributed by atoms with Gasteiger partial charge in [0.25, 0.3) is 0 Å². The number of nitrogens with zero attached hydrogens (tertiary/aromatic N) is 4. The quantitative estimate of drug-likeness (QED) is 0.645. The van der Waals surface area contributed by atoms with E-state index in [0.29, 0.717) is 6.54 Å². The van der Waals surface area contributed by atoms with Crippen molar-refractivity contribution in [2.75, 3.05) is 43.4 Å². The highest BCUT2D eigenvalue weighted by molar-refractivity contribution is 8.00. The SMILES string of the molecule is CCNC(=NCc1ccc(N2CCCC2)nc1)N1CCSC(CC)C1. The molecule has 1 aromatic heterocycles. The van der Waals surface area contributed by atoms with Crippen LogP contribution >= 0.6 is 11.8 Å². The first-order chi connectivity index (χ1) is 12.3. The predicted octanol–water partition coefficient (Wildman–Crippen LogP) is 2.97. The van der Waals surface area contributed by atoms with Crippen LogP contribution in [0.2, 0.25) is 0 Å². The van der Waals surface area contributed by atoms with Crippen molar-refractivity contribution in [1.82, 2.24) is 15.2 Å². The molecular formula is C19H31N5S. The Morgan fingerprint density at radius 3 is 2.80 bits per heavy atom. The number of aromatic nitrogens is 1. The van der Waals surface area contributed by atoms with Crippen LogP contribution in [0.25, 0.3) is 0 Å². The van der Waals surface area contributed by atoms with Crippen LogP contribution in [0.5, 0.6) is 0 Å². The second-order valence-electron chi connectivity index (χ2n) is 6.74. The fraction of sp³-hybridized carbons (Fsp3) is 0.684. The molecule has 1 atom stereocenters. The highest BCUT2D eigenvalue weighted by Crippen LogP contribution is 2.21. The lowest BCUT2D eigenvalue weighted by atomic mass is 10.3. The smallest absolute Gasteiger partial charge is 0.194 e. The Morgan fingerprint density at radius 1 is 1.28 bits per heavy atom. The molecule has 2 saturated heterocycles. The van der Waals surface area contributed by atoms with Crippen LogP contribution in [0.4, 0.5) is 5.82 Å². The van der Waals surface area contributed by atoms with Crippen LogP contribution in [0.15, 0.2) is 23.3 Å². The molecule has 0 amide bonds. The molecule has 0 saturated carbocycles. The second-order valence-corrected chi connectivity index (χ2v) is 8.14. The lowest BCUT2D eigenvalue weighted by Crippen LogP contribution is -2.48. The largest absolute Gasteiger partial charge is 0.357 e. The van der Waals surface area contributed by atoms with Gasteiger partial charge >= 0.3 is 0 Å². The van der Waals surface area contributed by atoms with Gasteiger partial charge in [0.05, 0.1) is 6.54 Å². The summed E-state index contributed by atoms with van der Waals surface area (Å²) >= 11 is 2.09. The fourth-order valence-corrected chi connectivity index (χ4v) is 4.57. The molecule has 0 aromatic carbocycles. The molecular weight excluding hydrogens is 330 g/mol. The summed E-state index contributed by atoms with van der Waals surface area (Å²) in [6.07, 6.45) is 5.78. The normalized spacial score (nSPS) is 21.7. The molecule has 5 nitrogen and oxygen atoms in total. The third kappa shape index (κ3) is 5.03. The number of anilines is 1. The minimum atomic E-state index is 0.691. The number of hydrogen-bond donors (Lipinski definition) is 1.